The molecule has 1 unspecified atom stereocenters. The van der Waals surface area contributed by atoms with Crippen LogP contribution >= 0.6 is 0 Å². The Morgan fingerprint density at radius 1 is 1.24 bits per heavy atom. The van der Waals surface area contributed by atoms with Gasteiger partial charge in [0.15, 0.2) is 0 Å². The fraction of sp³-hybridized carbons (Fsp3) is 0.333. The summed E-state index contributed by atoms with van der Waals surface area (Å²) in [5, 5.41) is 19.6. The van der Waals surface area contributed by atoms with Crippen molar-refractivity contribution in [2.45, 2.75) is 31.6 Å². The van der Waals surface area contributed by atoms with Crippen LogP contribution in [0.1, 0.15) is 31.7 Å². The van der Waals surface area contributed by atoms with Crippen molar-refractivity contribution in [3.8, 4) is 11.5 Å². The van der Waals surface area contributed by atoms with Crippen LogP contribution in [0.5, 0.6) is 11.5 Å². The lowest BCUT2D eigenvalue weighted by Crippen LogP contribution is -2.24. The van der Waals surface area contributed by atoms with Gasteiger partial charge in [0, 0.05) is 11.0 Å². The third-order valence-electron chi connectivity index (χ3n) is 3.36. The predicted octanol–water partition coefficient (Wildman–Crippen LogP) is 3.65. The first-order valence-corrected chi connectivity index (χ1v) is 6.05. The van der Waals surface area contributed by atoms with E-state index in [0.29, 0.717) is 0 Å². The second kappa shape index (κ2) is 4.66. The number of phenolic OH excluding ortho intramolecular Hbond substituents is 2. The number of allylic oxidation sites excluding steroid dienone is 4. The molecule has 2 rings (SSSR count). The van der Waals surface area contributed by atoms with E-state index in [9.17, 15) is 10.2 Å². The Hall–Kier alpha value is -1.70. The monoisotopic (exact) mass is 230 g/mol. The first-order valence-electron chi connectivity index (χ1n) is 6.05. The van der Waals surface area contributed by atoms with Crippen molar-refractivity contribution in [3.63, 3.8) is 0 Å². The smallest absolute Gasteiger partial charge is 0.119 e. The second-order valence-corrected chi connectivity index (χ2v) is 4.60. The summed E-state index contributed by atoms with van der Waals surface area (Å²) in [7, 11) is 0. The van der Waals surface area contributed by atoms with Crippen LogP contribution in [-0.4, -0.2) is 10.2 Å². The van der Waals surface area contributed by atoms with Crippen molar-refractivity contribution in [3.05, 3.63) is 48.1 Å². The van der Waals surface area contributed by atoms with Crippen molar-refractivity contribution in [2.75, 3.05) is 0 Å². The highest BCUT2D eigenvalue weighted by atomic mass is 16.3. The van der Waals surface area contributed by atoms with Crippen LogP contribution in [0.25, 0.3) is 0 Å². The van der Waals surface area contributed by atoms with Crippen molar-refractivity contribution in [1.82, 2.24) is 0 Å². The molecule has 1 aliphatic carbocycles. The summed E-state index contributed by atoms with van der Waals surface area (Å²) in [6, 6.07) is 4.75. The second-order valence-electron chi connectivity index (χ2n) is 4.60. The molecule has 1 aromatic carbocycles. The molecule has 2 heteroatoms. The number of hydrogen-bond acceptors (Lipinski definition) is 2. The SMILES string of the molecule is CCCC1(c2cc(O)ccc2O)C=CC=CC1. The number of benzene rings is 1. The van der Waals surface area contributed by atoms with Crippen molar-refractivity contribution >= 4 is 0 Å². The lowest BCUT2D eigenvalue weighted by atomic mass is 9.72. The molecule has 2 N–H and O–H groups in total. The predicted molar refractivity (Wildman–Crippen MR) is 69.3 cm³/mol. The third-order valence-corrected chi connectivity index (χ3v) is 3.36. The Morgan fingerprint density at radius 3 is 2.71 bits per heavy atom. The van der Waals surface area contributed by atoms with E-state index in [4.69, 9.17) is 0 Å². The first kappa shape index (κ1) is 11.8. The molecule has 17 heavy (non-hydrogen) atoms. The van der Waals surface area contributed by atoms with E-state index in [1.165, 1.54) is 6.07 Å². The van der Waals surface area contributed by atoms with Gasteiger partial charge in [-0.3, -0.25) is 0 Å². The topological polar surface area (TPSA) is 40.5 Å². The van der Waals surface area contributed by atoms with Gasteiger partial charge in [-0.1, -0.05) is 37.6 Å². The van der Waals surface area contributed by atoms with E-state index in [1.807, 2.05) is 12.2 Å². The van der Waals surface area contributed by atoms with Gasteiger partial charge in [0.05, 0.1) is 0 Å². The minimum Gasteiger partial charge on any atom is -0.508 e. The van der Waals surface area contributed by atoms with Gasteiger partial charge in [-0.25, -0.2) is 0 Å². The lowest BCUT2D eigenvalue weighted by Gasteiger charge is -2.32. The summed E-state index contributed by atoms with van der Waals surface area (Å²) < 4.78 is 0. The van der Waals surface area contributed by atoms with Gasteiger partial charge in [-0.15, -0.1) is 0 Å². The molecule has 1 atom stereocenters. The summed E-state index contributed by atoms with van der Waals surface area (Å²) in [6.07, 6.45) is 11.1. The minimum absolute atomic E-state index is 0.174. The summed E-state index contributed by atoms with van der Waals surface area (Å²) in [5.41, 5.74) is 0.645. The molecule has 2 nitrogen and oxygen atoms in total. The van der Waals surface area contributed by atoms with Gasteiger partial charge in [0.1, 0.15) is 11.5 Å². The first-order chi connectivity index (χ1) is 8.18. The van der Waals surface area contributed by atoms with Gasteiger partial charge in [0.2, 0.25) is 0 Å². The number of aromatic hydroxyl groups is 2. The van der Waals surface area contributed by atoms with E-state index in [2.05, 4.69) is 19.1 Å². The van der Waals surface area contributed by atoms with Gasteiger partial charge < -0.3 is 10.2 Å². The van der Waals surface area contributed by atoms with Gasteiger partial charge in [-0.2, -0.15) is 0 Å². The van der Waals surface area contributed by atoms with E-state index in [-0.39, 0.29) is 16.9 Å². The number of phenols is 2. The summed E-state index contributed by atoms with van der Waals surface area (Å²) >= 11 is 0. The largest absolute Gasteiger partial charge is 0.508 e. The Kier molecular flexibility index (Phi) is 3.23. The molecule has 1 aromatic rings. The molecule has 0 aliphatic heterocycles. The van der Waals surface area contributed by atoms with Crippen LogP contribution in [-0.2, 0) is 5.41 Å². The molecule has 0 saturated carbocycles. The van der Waals surface area contributed by atoms with Crippen LogP contribution in [0, 0.1) is 0 Å². The molecule has 90 valence electrons. The van der Waals surface area contributed by atoms with Gasteiger partial charge in [-0.05, 0) is 31.0 Å². The summed E-state index contributed by atoms with van der Waals surface area (Å²) in [6.45, 7) is 2.13. The minimum atomic E-state index is -0.174. The zero-order valence-corrected chi connectivity index (χ0v) is 10.1. The van der Waals surface area contributed by atoms with Gasteiger partial charge >= 0.3 is 0 Å². The zero-order chi connectivity index (χ0) is 12.3. The van der Waals surface area contributed by atoms with Crippen LogP contribution in [0.15, 0.2) is 42.5 Å². The third kappa shape index (κ3) is 2.21. The van der Waals surface area contributed by atoms with Crippen molar-refractivity contribution in [1.29, 1.82) is 0 Å². The lowest BCUT2D eigenvalue weighted by molar-refractivity contribution is 0.415. The van der Waals surface area contributed by atoms with E-state index in [1.54, 1.807) is 12.1 Å². The van der Waals surface area contributed by atoms with Crippen LogP contribution < -0.4 is 0 Å². The van der Waals surface area contributed by atoms with Crippen molar-refractivity contribution < 1.29 is 10.2 Å². The maximum absolute atomic E-state index is 10.0. The summed E-state index contributed by atoms with van der Waals surface area (Å²) in [4.78, 5) is 0. The molecule has 0 aromatic heterocycles. The van der Waals surface area contributed by atoms with Gasteiger partial charge in [0.25, 0.3) is 0 Å². The Balaban J connectivity index is 2.49. The van der Waals surface area contributed by atoms with E-state index >= 15 is 0 Å². The average Bonchev–Trinajstić information content (AvgIpc) is 2.34. The molecule has 0 bridgehead atoms. The van der Waals surface area contributed by atoms with Crippen LogP contribution in [0.4, 0.5) is 0 Å². The average molecular weight is 230 g/mol. The fourth-order valence-corrected chi connectivity index (χ4v) is 2.55. The van der Waals surface area contributed by atoms with E-state index in [0.717, 1.165) is 24.8 Å². The highest BCUT2D eigenvalue weighted by molar-refractivity contribution is 5.47. The fourth-order valence-electron chi connectivity index (χ4n) is 2.55. The highest BCUT2D eigenvalue weighted by Gasteiger charge is 2.31. The Labute approximate surface area is 102 Å². The molecule has 0 spiro atoms. The normalized spacial score (nSPS) is 22.9. The van der Waals surface area contributed by atoms with Crippen molar-refractivity contribution in [2.24, 2.45) is 0 Å². The molecular formula is C15H18O2. The Morgan fingerprint density at radius 2 is 2.06 bits per heavy atom. The molecule has 1 aliphatic rings. The quantitative estimate of drug-likeness (QED) is 0.778. The van der Waals surface area contributed by atoms with Crippen LogP contribution in [0.3, 0.4) is 0 Å². The molecule has 0 heterocycles. The van der Waals surface area contributed by atoms with Crippen LogP contribution in [0.2, 0.25) is 0 Å². The maximum atomic E-state index is 10.0. The summed E-state index contributed by atoms with van der Waals surface area (Å²) in [5.74, 6) is 0.465. The molecule has 0 saturated heterocycles. The standard InChI is InChI=1S/C15H18O2/c1-2-8-15(9-4-3-5-10-15)13-11-12(16)6-7-14(13)17/h3-7,9,11,16-17H,2,8,10H2,1H3. The molecule has 0 radical (unpaired) electrons. The highest BCUT2D eigenvalue weighted by Crippen LogP contribution is 2.42. The number of hydrogen-bond donors (Lipinski definition) is 2. The molecule has 0 amide bonds. The maximum Gasteiger partial charge on any atom is 0.119 e. The van der Waals surface area contributed by atoms with E-state index < -0.39 is 0 Å². The number of rotatable bonds is 3. The molecule has 0 fully saturated rings. The molecular weight excluding hydrogens is 212 g/mol. The zero-order valence-electron chi connectivity index (χ0n) is 10.1. The Bertz CT molecular complexity index is 460.